The summed E-state index contributed by atoms with van der Waals surface area (Å²) in [5.74, 6) is 1.36. The molecule has 0 fully saturated rings. The molecule has 1 amide bonds. The van der Waals surface area contributed by atoms with E-state index in [-0.39, 0.29) is 5.91 Å². The molecule has 0 aromatic heterocycles. The molecular weight excluding hydrogens is 364 g/mol. The van der Waals surface area contributed by atoms with Crippen LogP contribution < -0.4 is 14.9 Å². The van der Waals surface area contributed by atoms with Crippen LogP contribution in [-0.4, -0.2) is 18.7 Å². The highest BCUT2D eigenvalue weighted by molar-refractivity contribution is 5.94. The van der Waals surface area contributed by atoms with Gasteiger partial charge in [-0.3, -0.25) is 4.79 Å². The van der Waals surface area contributed by atoms with Crippen LogP contribution in [-0.2, 0) is 6.61 Å². The SMILES string of the molecule is CCOc1ccc(/C=N\NC(=O)c2ccc(COc3ccc(C)cc3)cc2)cc1. The lowest BCUT2D eigenvalue weighted by atomic mass is 10.1. The first-order valence-corrected chi connectivity index (χ1v) is 9.48. The second-order valence-electron chi connectivity index (χ2n) is 6.50. The molecule has 1 N–H and O–H groups in total. The molecule has 0 radical (unpaired) electrons. The van der Waals surface area contributed by atoms with Gasteiger partial charge < -0.3 is 9.47 Å². The summed E-state index contributed by atoms with van der Waals surface area (Å²) < 4.78 is 11.1. The number of benzene rings is 3. The van der Waals surface area contributed by atoms with Crippen LogP contribution in [0.3, 0.4) is 0 Å². The molecule has 3 aromatic rings. The molecule has 0 aliphatic rings. The zero-order valence-corrected chi connectivity index (χ0v) is 16.6. The maximum absolute atomic E-state index is 12.2. The second-order valence-corrected chi connectivity index (χ2v) is 6.50. The molecule has 0 aliphatic heterocycles. The molecule has 3 aromatic carbocycles. The third-order valence-electron chi connectivity index (χ3n) is 4.21. The molecular formula is C24H24N2O3. The van der Waals surface area contributed by atoms with Crippen LogP contribution in [0.15, 0.2) is 77.9 Å². The molecule has 0 heterocycles. The maximum atomic E-state index is 12.2. The number of hydrogen-bond acceptors (Lipinski definition) is 4. The van der Waals surface area contributed by atoms with E-state index in [1.807, 2.05) is 74.5 Å². The van der Waals surface area contributed by atoms with E-state index in [0.717, 1.165) is 22.6 Å². The van der Waals surface area contributed by atoms with Gasteiger partial charge in [-0.25, -0.2) is 5.43 Å². The van der Waals surface area contributed by atoms with Gasteiger partial charge in [0.15, 0.2) is 0 Å². The van der Waals surface area contributed by atoms with Crippen LogP contribution in [0.4, 0.5) is 0 Å². The largest absolute Gasteiger partial charge is 0.494 e. The Balaban J connectivity index is 1.49. The number of hydrazone groups is 1. The molecule has 5 heteroatoms. The minimum Gasteiger partial charge on any atom is -0.494 e. The molecule has 0 aliphatic carbocycles. The summed E-state index contributed by atoms with van der Waals surface area (Å²) in [5.41, 5.74) is 6.12. The van der Waals surface area contributed by atoms with E-state index >= 15 is 0 Å². The lowest BCUT2D eigenvalue weighted by Crippen LogP contribution is -2.17. The van der Waals surface area contributed by atoms with Crippen molar-refractivity contribution >= 4 is 12.1 Å². The smallest absolute Gasteiger partial charge is 0.271 e. The fourth-order valence-electron chi connectivity index (χ4n) is 2.60. The Kier molecular flexibility index (Phi) is 7.00. The zero-order valence-electron chi connectivity index (χ0n) is 16.6. The van der Waals surface area contributed by atoms with Crippen LogP contribution in [0.5, 0.6) is 11.5 Å². The number of rotatable bonds is 8. The van der Waals surface area contributed by atoms with Crippen molar-refractivity contribution in [3.05, 3.63) is 95.1 Å². The van der Waals surface area contributed by atoms with Crippen molar-refractivity contribution in [3.63, 3.8) is 0 Å². The van der Waals surface area contributed by atoms with Crippen molar-refractivity contribution in [3.8, 4) is 11.5 Å². The van der Waals surface area contributed by atoms with Gasteiger partial charge in [0.2, 0.25) is 0 Å². The van der Waals surface area contributed by atoms with Crippen LogP contribution >= 0.6 is 0 Å². The molecule has 148 valence electrons. The van der Waals surface area contributed by atoms with Gasteiger partial charge in [-0.1, -0.05) is 29.8 Å². The van der Waals surface area contributed by atoms with Crippen molar-refractivity contribution in [1.82, 2.24) is 5.43 Å². The Hall–Kier alpha value is -3.60. The third-order valence-corrected chi connectivity index (χ3v) is 4.21. The van der Waals surface area contributed by atoms with Gasteiger partial charge in [-0.15, -0.1) is 0 Å². The minimum absolute atomic E-state index is 0.266. The van der Waals surface area contributed by atoms with Crippen molar-refractivity contribution in [2.75, 3.05) is 6.61 Å². The zero-order chi connectivity index (χ0) is 20.5. The average molecular weight is 388 g/mol. The number of amides is 1. The van der Waals surface area contributed by atoms with Crippen molar-refractivity contribution < 1.29 is 14.3 Å². The van der Waals surface area contributed by atoms with Gasteiger partial charge in [0.1, 0.15) is 18.1 Å². The highest BCUT2D eigenvalue weighted by Crippen LogP contribution is 2.14. The Morgan fingerprint density at radius 3 is 2.17 bits per heavy atom. The molecule has 29 heavy (non-hydrogen) atoms. The first-order chi connectivity index (χ1) is 14.1. The van der Waals surface area contributed by atoms with Gasteiger partial charge in [-0.2, -0.15) is 5.10 Å². The Bertz CT molecular complexity index is 947. The van der Waals surface area contributed by atoms with Crippen molar-refractivity contribution in [2.45, 2.75) is 20.5 Å². The summed E-state index contributed by atoms with van der Waals surface area (Å²) in [5, 5.41) is 4.01. The third kappa shape index (κ3) is 6.21. The standard InChI is InChI=1S/C24H24N2O3/c1-3-28-22-14-8-19(9-15-22)16-25-26-24(27)21-10-6-20(7-11-21)17-29-23-12-4-18(2)5-13-23/h4-16H,3,17H2,1-2H3,(H,26,27)/b25-16-. The summed E-state index contributed by atoms with van der Waals surface area (Å²) in [7, 11) is 0. The topological polar surface area (TPSA) is 59.9 Å². The van der Waals surface area contributed by atoms with Crippen LogP contribution in [0, 0.1) is 6.92 Å². The molecule has 0 saturated carbocycles. The predicted molar refractivity (Wildman–Crippen MR) is 115 cm³/mol. The highest BCUT2D eigenvalue weighted by atomic mass is 16.5. The summed E-state index contributed by atoms with van der Waals surface area (Å²) in [6.45, 7) is 5.05. The molecule has 0 spiro atoms. The maximum Gasteiger partial charge on any atom is 0.271 e. The number of carbonyl (C=O) groups excluding carboxylic acids is 1. The molecule has 3 rings (SSSR count). The predicted octanol–water partition coefficient (Wildman–Crippen LogP) is 4.74. The summed E-state index contributed by atoms with van der Waals surface area (Å²) in [6.07, 6.45) is 1.59. The van der Waals surface area contributed by atoms with E-state index in [4.69, 9.17) is 9.47 Å². The Morgan fingerprint density at radius 2 is 1.52 bits per heavy atom. The quantitative estimate of drug-likeness (QED) is 0.448. The van der Waals surface area contributed by atoms with E-state index in [0.29, 0.717) is 18.8 Å². The fraction of sp³-hybridized carbons (Fsp3) is 0.167. The first kappa shape index (κ1) is 20.1. The normalized spacial score (nSPS) is 10.7. The number of ether oxygens (including phenoxy) is 2. The summed E-state index contributed by atoms with van der Waals surface area (Å²) in [4.78, 5) is 12.2. The van der Waals surface area contributed by atoms with E-state index in [9.17, 15) is 4.79 Å². The number of aryl methyl sites for hydroxylation is 1. The van der Waals surface area contributed by atoms with Crippen LogP contribution in [0.1, 0.15) is 34.0 Å². The van der Waals surface area contributed by atoms with E-state index in [2.05, 4.69) is 10.5 Å². The number of nitrogens with zero attached hydrogens (tertiary/aromatic N) is 1. The van der Waals surface area contributed by atoms with E-state index in [1.54, 1.807) is 18.3 Å². The van der Waals surface area contributed by atoms with Gasteiger partial charge in [-0.05, 0) is 73.5 Å². The average Bonchev–Trinajstić information content (AvgIpc) is 2.75. The molecule has 0 unspecified atom stereocenters. The van der Waals surface area contributed by atoms with Crippen molar-refractivity contribution in [1.29, 1.82) is 0 Å². The van der Waals surface area contributed by atoms with E-state index in [1.165, 1.54) is 5.56 Å². The van der Waals surface area contributed by atoms with Gasteiger partial charge >= 0.3 is 0 Å². The van der Waals surface area contributed by atoms with Gasteiger partial charge in [0, 0.05) is 5.56 Å². The minimum atomic E-state index is -0.266. The lowest BCUT2D eigenvalue weighted by molar-refractivity contribution is 0.0955. The lowest BCUT2D eigenvalue weighted by Gasteiger charge is -2.07. The monoisotopic (exact) mass is 388 g/mol. The Labute approximate surface area is 171 Å². The van der Waals surface area contributed by atoms with Gasteiger partial charge in [0.25, 0.3) is 5.91 Å². The molecule has 5 nitrogen and oxygen atoms in total. The Morgan fingerprint density at radius 1 is 0.897 bits per heavy atom. The van der Waals surface area contributed by atoms with E-state index < -0.39 is 0 Å². The molecule has 0 saturated heterocycles. The second kappa shape index (κ2) is 10.1. The number of carbonyl (C=O) groups is 1. The van der Waals surface area contributed by atoms with Crippen molar-refractivity contribution in [2.24, 2.45) is 5.10 Å². The first-order valence-electron chi connectivity index (χ1n) is 9.48. The fourth-order valence-corrected chi connectivity index (χ4v) is 2.60. The number of nitrogens with one attached hydrogen (secondary N) is 1. The summed E-state index contributed by atoms with van der Waals surface area (Å²) >= 11 is 0. The molecule has 0 bridgehead atoms. The summed E-state index contributed by atoms with van der Waals surface area (Å²) in [6, 6.07) is 22.7. The highest BCUT2D eigenvalue weighted by Gasteiger charge is 2.04. The number of hydrogen-bond donors (Lipinski definition) is 1. The van der Waals surface area contributed by atoms with Crippen LogP contribution in [0.2, 0.25) is 0 Å². The van der Waals surface area contributed by atoms with Crippen LogP contribution in [0.25, 0.3) is 0 Å². The molecule has 0 atom stereocenters. The van der Waals surface area contributed by atoms with Gasteiger partial charge in [0.05, 0.1) is 12.8 Å².